The van der Waals surface area contributed by atoms with Gasteiger partial charge in [0.15, 0.2) is 0 Å². The monoisotopic (exact) mass is 222 g/mol. The standard InChI is InChI=1S/C6H6OS4/c1-3-2-8-4-5(9-3)11-6(7)10-4/h3H,2H2,1H3. The Morgan fingerprint density at radius 1 is 1.36 bits per heavy atom. The summed E-state index contributed by atoms with van der Waals surface area (Å²) in [5, 5.41) is 0.665. The topological polar surface area (TPSA) is 17.1 Å². The van der Waals surface area contributed by atoms with Crippen LogP contribution in [-0.4, -0.2) is 11.0 Å². The van der Waals surface area contributed by atoms with Gasteiger partial charge in [-0.15, -0.1) is 23.5 Å². The molecule has 2 heterocycles. The van der Waals surface area contributed by atoms with Gasteiger partial charge in [0.05, 0.1) is 8.42 Å². The number of hydrogen-bond acceptors (Lipinski definition) is 5. The van der Waals surface area contributed by atoms with Crippen LogP contribution in [0.2, 0.25) is 0 Å². The fourth-order valence-electron chi connectivity index (χ4n) is 0.826. The highest BCUT2D eigenvalue weighted by Crippen LogP contribution is 2.44. The molecule has 1 atom stereocenters. The SMILES string of the molecule is CC1CSc2sc(=O)sc2S1. The van der Waals surface area contributed by atoms with Crippen LogP contribution in [0.25, 0.3) is 0 Å². The van der Waals surface area contributed by atoms with Crippen molar-refractivity contribution in [3.63, 3.8) is 0 Å². The summed E-state index contributed by atoms with van der Waals surface area (Å²) in [7, 11) is 0. The van der Waals surface area contributed by atoms with E-state index in [1.165, 1.54) is 31.1 Å². The molecular formula is C6H6OS4. The van der Waals surface area contributed by atoms with Gasteiger partial charge in [-0.3, -0.25) is 4.79 Å². The van der Waals surface area contributed by atoms with E-state index in [9.17, 15) is 4.79 Å². The second kappa shape index (κ2) is 3.12. The molecule has 0 spiro atoms. The van der Waals surface area contributed by atoms with Crippen molar-refractivity contribution in [3.05, 3.63) is 8.85 Å². The Morgan fingerprint density at radius 3 is 2.91 bits per heavy atom. The molecule has 0 saturated carbocycles. The summed E-state index contributed by atoms with van der Waals surface area (Å²) in [4.78, 5) is 11.0. The molecule has 0 N–H and O–H groups in total. The molecule has 1 nitrogen and oxygen atoms in total. The van der Waals surface area contributed by atoms with Crippen LogP contribution in [0.3, 0.4) is 0 Å². The van der Waals surface area contributed by atoms with Crippen molar-refractivity contribution >= 4 is 46.2 Å². The Labute approximate surface area is 81.2 Å². The van der Waals surface area contributed by atoms with Gasteiger partial charge >= 0.3 is 0 Å². The molecule has 11 heavy (non-hydrogen) atoms. The molecule has 0 bridgehead atoms. The minimum Gasteiger partial charge on any atom is -0.265 e. The first kappa shape index (κ1) is 8.16. The zero-order chi connectivity index (χ0) is 7.84. The number of rotatable bonds is 0. The molecule has 5 heteroatoms. The minimum atomic E-state index is 0.240. The van der Waals surface area contributed by atoms with Crippen molar-refractivity contribution < 1.29 is 0 Å². The van der Waals surface area contributed by atoms with Crippen molar-refractivity contribution in [2.45, 2.75) is 20.6 Å². The lowest BCUT2D eigenvalue weighted by Crippen LogP contribution is -2.02. The highest BCUT2D eigenvalue weighted by Gasteiger charge is 2.19. The first-order chi connectivity index (χ1) is 5.25. The van der Waals surface area contributed by atoms with Gasteiger partial charge in [0.1, 0.15) is 0 Å². The molecule has 1 aliphatic heterocycles. The van der Waals surface area contributed by atoms with E-state index >= 15 is 0 Å². The van der Waals surface area contributed by atoms with Crippen molar-refractivity contribution in [1.29, 1.82) is 0 Å². The average molecular weight is 222 g/mol. The largest absolute Gasteiger partial charge is 0.289 e. The maximum Gasteiger partial charge on any atom is 0.289 e. The third-order valence-electron chi connectivity index (χ3n) is 1.28. The highest BCUT2D eigenvalue weighted by molar-refractivity contribution is 8.08. The summed E-state index contributed by atoms with van der Waals surface area (Å²) >= 11 is 6.46. The Balaban J connectivity index is 2.41. The molecule has 1 aliphatic rings. The van der Waals surface area contributed by atoms with E-state index < -0.39 is 0 Å². The minimum absolute atomic E-state index is 0.240. The van der Waals surface area contributed by atoms with Crippen LogP contribution in [0, 0.1) is 0 Å². The van der Waals surface area contributed by atoms with Crippen LogP contribution >= 0.6 is 46.2 Å². The van der Waals surface area contributed by atoms with Gasteiger partial charge in [0, 0.05) is 11.0 Å². The summed E-state index contributed by atoms with van der Waals surface area (Å²) in [6.45, 7) is 2.20. The summed E-state index contributed by atoms with van der Waals surface area (Å²) in [5.74, 6) is 1.14. The molecule has 0 saturated heterocycles. The van der Waals surface area contributed by atoms with Crippen LogP contribution in [0.5, 0.6) is 0 Å². The maximum atomic E-state index is 11.0. The number of fused-ring (bicyclic) bond motifs is 1. The lowest BCUT2D eigenvalue weighted by Gasteiger charge is -2.14. The van der Waals surface area contributed by atoms with Gasteiger partial charge in [0.25, 0.3) is 4.06 Å². The van der Waals surface area contributed by atoms with Crippen molar-refractivity contribution in [3.8, 4) is 0 Å². The lowest BCUT2D eigenvalue weighted by atomic mass is 10.6. The first-order valence-corrected chi connectivity index (χ1v) is 6.69. The Hall–Kier alpha value is 0.550. The van der Waals surface area contributed by atoms with Crippen LogP contribution in [0.15, 0.2) is 13.2 Å². The van der Waals surface area contributed by atoms with Crippen molar-refractivity contribution in [2.75, 3.05) is 5.75 Å². The third kappa shape index (κ3) is 1.66. The van der Waals surface area contributed by atoms with Crippen LogP contribution < -0.4 is 4.06 Å². The van der Waals surface area contributed by atoms with E-state index in [1.54, 1.807) is 0 Å². The molecule has 60 valence electrons. The van der Waals surface area contributed by atoms with E-state index in [0.29, 0.717) is 5.25 Å². The highest BCUT2D eigenvalue weighted by atomic mass is 32.2. The summed E-state index contributed by atoms with van der Waals surface area (Å²) < 4.78 is 2.72. The van der Waals surface area contributed by atoms with Gasteiger partial charge in [-0.05, 0) is 0 Å². The number of thioether (sulfide) groups is 2. The second-order valence-corrected chi connectivity index (χ2v) is 7.49. The molecule has 0 fully saturated rings. The van der Waals surface area contributed by atoms with Crippen LogP contribution in [-0.2, 0) is 0 Å². The maximum absolute atomic E-state index is 11.0. The zero-order valence-corrected chi connectivity index (χ0v) is 9.09. The van der Waals surface area contributed by atoms with Gasteiger partial charge < -0.3 is 0 Å². The molecule has 2 rings (SSSR count). The fourth-order valence-corrected chi connectivity index (χ4v) is 6.44. The van der Waals surface area contributed by atoms with E-state index in [0.717, 1.165) is 5.75 Å². The normalized spacial score (nSPS) is 23.2. The first-order valence-electron chi connectivity index (χ1n) is 3.19. The smallest absolute Gasteiger partial charge is 0.265 e. The molecule has 0 aliphatic carbocycles. The summed E-state index contributed by atoms with van der Waals surface area (Å²) in [5.41, 5.74) is 0. The molecule has 1 aromatic rings. The van der Waals surface area contributed by atoms with Crippen LogP contribution in [0.4, 0.5) is 0 Å². The van der Waals surface area contributed by atoms with Gasteiger partial charge in [-0.2, -0.15) is 0 Å². The number of hydrogen-bond donors (Lipinski definition) is 0. The molecular weight excluding hydrogens is 216 g/mol. The molecule has 1 aromatic heterocycles. The molecule has 0 radical (unpaired) electrons. The molecule has 0 amide bonds. The van der Waals surface area contributed by atoms with Crippen LogP contribution in [0.1, 0.15) is 6.92 Å². The average Bonchev–Trinajstić information content (AvgIpc) is 2.27. The van der Waals surface area contributed by atoms with Gasteiger partial charge in [0.2, 0.25) is 0 Å². The third-order valence-corrected chi connectivity index (χ3v) is 6.88. The lowest BCUT2D eigenvalue weighted by molar-refractivity contribution is 1.11. The van der Waals surface area contributed by atoms with Crippen molar-refractivity contribution in [2.24, 2.45) is 0 Å². The predicted molar refractivity (Wildman–Crippen MR) is 54.5 cm³/mol. The Morgan fingerprint density at radius 2 is 2.09 bits per heavy atom. The van der Waals surface area contributed by atoms with E-state index in [2.05, 4.69) is 6.92 Å². The van der Waals surface area contributed by atoms with Crippen molar-refractivity contribution in [1.82, 2.24) is 0 Å². The van der Waals surface area contributed by atoms with E-state index in [-0.39, 0.29) is 4.06 Å². The van der Waals surface area contributed by atoms with E-state index in [4.69, 9.17) is 0 Å². The summed E-state index contributed by atoms with van der Waals surface area (Å²) in [6.07, 6.45) is 0. The molecule has 0 aromatic carbocycles. The zero-order valence-electron chi connectivity index (χ0n) is 5.83. The Bertz CT molecular complexity index is 313. The Kier molecular flexibility index (Phi) is 2.32. The fraction of sp³-hybridized carbons (Fsp3) is 0.500. The van der Waals surface area contributed by atoms with Gasteiger partial charge in [-0.1, -0.05) is 29.6 Å². The predicted octanol–water partition coefficient (Wildman–Crippen LogP) is 2.76. The van der Waals surface area contributed by atoms with Gasteiger partial charge in [-0.25, -0.2) is 0 Å². The van der Waals surface area contributed by atoms with E-state index in [1.807, 2.05) is 23.5 Å². The molecule has 1 unspecified atom stereocenters. The summed E-state index contributed by atoms with van der Waals surface area (Å²) in [6, 6.07) is 0. The second-order valence-electron chi connectivity index (χ2n) is 2.27. The quantitative estimate of drug-likeness (QED) is 0.672.